The minimum absolute atomic E-state index is 0.161. The van der Waals surface area contributed by atoms with Crippen molar-refractivity contribution < 1.29 is 5.11 Å². The molecule has 5 rings (SSSR count). The number of aliphatic hydroxyl groups is 1. The Balaban J connectivity index is 1.70. The molecule has 0 radical (unpaired) electrons. The molecule has 0 bridgehead atoms. The lowest BCUT2D eigenvalue weighted by Gasteiger charge is -2.25. The van der Waals surface area contributed by atoms with E-state index in [0.29, 0.717) is 23.2 Å². The summed E-state index contributed by atoms with van der Waals surface area (Å²) in [4.78, 5) is 4.85. The van der Waals surface area contributed by atoms with Gasteiger partial charge in [-0.2, -0.15) is 15.3 Å². The van der Waals surface area contributed by atoms with Crippen molar-refractivity contribution in [1.82, 2.24) is 34.2 Å². The first-order valence-corrected chi connectivity index (χ1v) is 8.97. The van der Waals surface area contributed by atoms with E-state index in [-0.39, 0.29) is 6.61 Å². The summed E-state index contributed by atoms with van der Waals surface area (Å²) in [6.07, 6.45) is 10.9. The van der Waals surface area contributed by atoms with Crippen molar-refractivity contribution >= 4 is 11.3 Å². The highest BCUT2D eigenvalue weighted by Crippen LogP contribution is 2.35. The number of hydrogen-bond acceptors (Lipinski definition) is 6. The van der Waals surface area contributed by atoms with E-state index in [1.54, 1.807) is 15.4 Å². The van der Waals surface area contributed by atoms with Crippen LogP contribution in [0, 0.1) is 0 Å². The number of hydrogen-bond donors (Lipinski definition) is 2. The Hall–Kier alpha value is -3.20. The molecule has 27 heavy (non-hydrogen) atoms. The van der Waals surface area contributed by atoms with Gasteiger partial charge >= 0.3 is 0 Å². The Morgan fingerprint density at radius 1 is 1.19 bits per heavy atom. The zero-order chi connectivity index (χ0) is 18.5. The maximum atomic E-state index is 9.64. The molecule has 3 N–H and O–H groups in total. The lowest BCUT2D eigenvalue weighted by molar-refractivity contribution is 0.276. The van der Waals surface area contributed by atoms with Gasteiger partial charge in [0.2, 0.25) is 0 Å². The van der Waals surface area contributed by atoms with Gasteiger partial charge in [-0.05, 0) is 25.3 Å². The Bertz CT molecular complexity index is 1130. The number of nitrogens with zero attached hydrogens (tertiary/aromatic N) is 7. The molecule has 0 saturated heterocycles. The maximum absolute atomic E-state index is 9.64. The molecule has 9 nitrogen and oxygen atoms in total. The van der Waals surface area contributed by atoms with E-state index >= 15 is 0 Å². The summed E-state index contributed by atoms with van der Waals surface area (Å²) in [5, 5.41) is 22.8. The molecular weight excluding hydrogens is 344 g/mol. The first-order chi connectivity index (χ1) is 13.1. The van der Waals surface area contributed by atoms with Gasteiger partial charge in [0, 0.05) is 25.0 Å². The van der Waals surface area contributed by atoms with Crippen molar-refractivity contribution in [3.8, 4) is 22.5 Å². The van der Waals surface area contributed by atoms with E-state index in [4.69, 9.17) is 10.7 Å². The normalized spacial score (nSPS) is 14.7. The quantitative estimate of drug-likeness (QED) is 0.571. The number of anilines is 1. The topological polar surface area (TPSA) is 112 Å². The van der Waals surface area contributed by atoms with Gasteiger partial charge in [0.1, 0.15) is 5.69 Å². The lowest BCUT2D eigenvalue weighted by Crippen LogP contribution is -2.17. The fourth-order valence-corrected chi connectivity index (χ4v) is 3.55. The van der Waals surface area contributed by atoms with Gasteiger partial charge in [-0.15, -0.1) is 0 Å². The molecule has 138 valence electrons. The van der Waals surface area contributed by atoms with Crippen LogP contribution in [0.5, 0.6) is 0 Å². The van der Waals surface area contributed by atoms with Crippen LogP contribution in [0.4, 0.5) is 5.82 Å². The number of aliphatic hydroxyl groups excluding tert-OH is 1. The van der Waals surface area contributed by atoms with E-state index in [9.17, 15) is 5.11 Å². The summed E-state index contributed by atoms with van der Waals surface area (Å²) in [6, 6.07) is 2.33. The molecule has 0 aromatic carbocycles. The fraction of sp³-hybridized carbons (Fsp3) is 0.333. The van der Waals surface area contributed by atoms with Crippen molar-refractivity contribution in [2.45, 2.75) is 31.9 Å². The minimum atomic E-state index is -0.161. The van der Waals surface area contributed by atoms with Crippen molar-refractivity contribution in [3.63, 3.8) is 0 Å². The van der Waals surface area contributed by atoms with E-state index < -0.39 is 0 Å². The summed E-state index contributed by atoms with van der Waals surface area (Å²) in [6.45, 7) is -0.161. The molecule has 1 aliphatic carbocycles. The van der Waals surface area contributed by atoms with Crippen LogP contribution in [0.15, 0.2) is 30.9 Å². The second-order valence-corrected chi connectivity index (χ2v) is 6.95. The highest BCUT2D eigenvalue weighted by atomic mass is 16.3. The number of nitrogens with two attached hydrogens (primary N) is 1. The largest absolute Gasteiger partial charge is 0.390 e. The number of rotatable bonds is 4. The van der Waals surface area contributed by atoms with Crippen LogP contribution in [0.1, 0.15) is 31.0 Å². The molecule has 0 aliphatic heterocycles. The monoisotopic (exact) mass is 364 g/mol. The summed E-state index contributed by atoms with van der Waals surface area (Å²) < 4.78 is 5.39. The van der Waals surface area contributed by atoms with E-state index in [0.717, 1.165) is 35.2 Å². The Morgan fingerprint density at radius 2 is 2.04 bits per heavy atom. The van der Waals surface area contributed by atoms with Crippen LogP contribution in [0.2, 0.25) is 0 Å². The molecule has 9 heteroatoms. The number of aromatic nitrogens is 7. The third-order valence-electron chi connectivity index (χ3n) is 5.19. The van der Waals surface area contributed by atoms with Crippen molar-refractivity contribution in [2.75, 3.05) is 5.73 Å². The lowest BCUT2D eigenvalue weighted by atomic mass is 9.93. The molecule has 1 aliphatic rings. The second kappa shape index (κ2) is 5.92. The summed E-state index contributed by atoms with van der Waals surface area (Å²) in [5.74, 6) is 0.461. The Labute approximate surface area is 155 Å². The van der Waals surface area contributed by atoms with Crippen molar-refractivity contribution in [3.05, 3.63) is 36.5 Å². The molecule has 1 saturated carbocycles. The number of nitrogen functional groups attached to an aromatic ring is 1. The van der Waals surface area contributed by atoms with Gasteiger partial charge < -0.3 is 10.8 Å². The zero-order valence-electron chi connectivity index (χ0n) is 14.9. The SMILES string of the molecule is Cn1cc(-c2cn3nccc3c(-c3cn(C4CCC4)nc3N)n2)c(CO)n1. The Kier molecular flexibility index (Phi) is 3.51. The number of fused-ring (bicyclic) bond motifs is 1. The first-order valence-electron chi connectivity index (χ1n) is 8.97. The Morgan fingerprint density at radius 3 is 2.78 bits per heavy atom. The molecule has 1 fully saturated rings. The second-order valence-electron chi connectivity index (χ2n) is 6.95. The molecule has 4 heterocycles. The highest BCUT2D eigenvalue weighted by molar-refractivity contribution is 5.84. The van der Waals surface area contributed by atoms with Gasteiger partial charge in [0.05, 0.1) is 47.5 Å². The predicted molar refractivity (Wildman–Crippen MR) is 99.6 cm³/mol. The van der Waals surface area contributed by atoms with Gasteiger partial charge in [0.25, 0.3) is 0 Å². The van der Waals surface area contributed by atoms with Crippen molar-refractivity contribution in [2.24, 2.45) is 7.05 Å². The molecule has 0 atom stereocenters. The maximum Gasteiger partial charge on any atom is 0.155 e. The van der Waals surface area contributed by atoms with Gasteiger partial charge in [-0.1, -0.05) is 0 Å². The minimum Gasteiger partial charge on any atom is -0.390 e. The average Bonchev–Trinajstić information content (AvgIpc) is 3.30. The average molecular weight is 364 g/mol. The van der Waals surface area contributed by atoms with Crippen LogP contribution in [0.3, 0.4) is 0 Å². The third-order valence-corrected chi connectivity index (χ3v) is 5.19. The summed E-state index contributed by atoms with van der Waals surface area (Å²) in [5.41, 5.74) is 10.6. The first kappa shape index (κ1) is 16.0. The van der Waals surface area contributed by atoms with Gasteiger partial charge in [-0.25, -0.2) is 9.50 Å². The standard InChI is InChI=1S/C18H20N8O/c1-24-7-12(15(10-27)22-24)14-9-26-16(5-6-20-26)17(21-14)13-8-25(23-18(13)19)11-3-2-4-11/h5-9,11,27H,2-4,10H2,1H3,(H2,19,23). The zero-order valence-corrected chi connectivity index (χ0v) is 14.9. The van der Waals surface area contributed by atoms with Crippen molar-refractivity contribution in [1.29, 1.82) is 0 Å². The number of aryl methyl sites for hydroxylation is 1. The summed E-state index contributed by atoms with van der Waals surface area (Å²) in [7, 11) is 1.82. The molecular formula is C18H20N8O. The van der Waals surface area contributed by atoms with Crippen LogP contribution < -0.4 is 5.73 Å². The fourth-order valence-electron chi connectivity index (χ4n) is 3.55. The van der Waals surface area contributed by atoms with Crippen LogP contribution in [-0.2, 0) is 13.7 Å². The van der Waals surface area contributed by atoms with E-state index in [1.807, 2.05) is 36.4 Å². The smallest absolute Gasteiger partial charge is 0.155 e. The van der Waals surface area contributed by atoms with Gasteiger partial charge in [-0.3, -0.25) is 9.36 Å². The van der Waals surface area contributed by atoms with E-state index in [2.05, 4.69) is 15.3 Å². The molecule has 0 spiro atoms. The molecule has 0 unspecified atom stereocenters. The van der Waals surface area contributed by atoms with E-state index in [1.165, 1.54) is 6.42 Å². The van der Waals surface area contributed by atoms with Crippen LogP contribution in [0.25, 0.3) is 28.0 Å². The molecule has 4 aromatic rings. The van der Waals surface area contributed by atoms with Crippen LogP contribution >= 0.6 is 0 Å². The third kappa shape index (κ3) is 2.50. The molecule has 0 amide bonds. The van der Waals surface area contributed by atoms with Gasteiger partial charge in [0.15, 0.2) is 5.82 Å². The van der Waals surface area contributed by atoms with Crippen LogP contribution in [-0.4, -0.2) is 39.3 Å². The molecule has 4 aromatic heterocycles. The highest BCUT2D eigenvalue weighted by Gasteiger charge is 2.24. The summed E-state index contributed by atoms with van der Waals surface area (Å²) >= 11 is 0. The predicted octanol–water partition coefficient (Wildman–Crippen LogP) is 1.79.